The van der Waals surface area contributed by atoms with Crippen molar-refractivity contribution >= 4 is 11.8 Å². The minimum atomic E-state index is -0.708. The predicted octanol–water partition coefficient (Wildman–Crippen LogP) is 6.17. The van der Waals surface area contributed by atoms with Crippen LogP contribution in [0, 0.1) is 11.8 Å². The maximum absolute atomic E-state index is 12.0. The van der Waals surface area contributed by atoms with Crippen LogP contribution in [0.2, 0.25) is 0 Å². The Balaban J connectivity index is 1.74. The fraction of sp³-hybridized carbons (Fsp3) is 0.630. The lowest BCUT2D eigenvalue weighted by atomic mass is 9.76. The number of unbranched alkanes of at least 4 members (excludes halogenated alkanes) is 3. The number of ketones is 1. The summed E-state index contributed by atoms with van der Waals surface area (Å²) < 4.78 is 5.46. The van der Waals surface area contributed by atoms with Crippen molar-refractivity contribution in [1.29, 1.82) is 0 Å². The molecule has 1 unspecified atom stereocenters. The number of Topliss-reactive ketones (excluding diaryl/α,β-unsaturated/α-hetero) is 1. The van der Waals surface area contributed by atoms with Crippen molar-refractivity contribution in [3.05, 3.63) is 47.5 Å². The van der Waals surface area contributed by atoms with Crippen LogP contribution in [0.5, 0.6) is 0 Å². The number of ether oxygens (including phenoxy) is 1. The van der Waals surface area contributed by atoms with Gasteiger partial charge in [-0.15, -0.1) is 0 Å². The largest absolute Gasteiger partial charge is 0.481 e. The smallest absolute Gasteiger partial charge is 0.303 e. The van der Waals surface area contributed by atoms with Crippen molar-refractivity contribution in [2.24, 2.45) is 11.8 Å². The van der Waals surface area contributed by atoms with Crippen LogP contribution < -0.4 is 0 Å². The third-order valence-electron chi connectivity index (χ3n) is 6.28. The van der Waals surface area contributed by atoms with Gasteiger partial charge in [0, 0.05) is 25.9 Å². The first-order valence-corrected chi connectivity index (χ1v) is 12.1. The van der Waals surface area contributed by atoms with Crippen LogP contribution in [0.1, 0.15) is 82.3 Å². The number of hydrogen-bond acceptors (Lipinski definition) is 3. The van der Waals surface area contributed by atoms with Crippen molar-refractivity contribution in [1.82, 2.24) is 0 Å². The lowest BCUT2D eigenvalue weighted by Crippen LogP contribution is -2.23. The number of aryl methyl sites for hydroxylation is 1. The molecule has 1 aromatic rings. The van der Waals surface area contributed by atoms with Gasteiger partial charge in [0.25, 0.3) is 0 Å². The Morgan fingerprint density at radius 1 is 1.16 bits per heavy atom. The van der Waals surface area contributed by atoms with Gasteiger partial charge >= 0.3 is 5.97 Å². The van der Waals surface area contributed by atoms with Gasteiger partial charge in [-0.2, -0.15) is 0 Å². The molecular weight excluding hydrogens is 388 g/mol. The van der Waals surface area contributed by atoms with E-state index in [1.165, 1.54) is 11.1 Å². The van der Waals surface area contributed by atoms with E-state index in [0.717, 1.165) is 71.0 Å². The maximum Gasteiger partial charge on any atom is 0.303 e. The zero-order chi connectivity index (χ0) is 22.3. The molecule has 1 N–H and O–H groups in total. The summed E-state index contributed by atoms with van der Waals surface area (Å²) in [5.41, 5.74) is 2.71. The summed E-state index contributed by atoms with van der Waals surface area (Å²) in [6.07, 6.45) is 15.3. The number of carbonyl (C=O) groups excluding carboxylic acids is 1. The molecule has 1 saturated carbocycles. The third kappa shape index (κ3) is 10.8. The SMILES string of the molecule is CCOCCc1cccc(CC/C=C/C2CCC(=O)C[C@@H]2CCCCCCC(=O)O)c1. The minimum Gasteiger partial charge on any atom is -0.481 e. The van der Waals surface area contributed by atoms with Crippen LogP contribution in [0.25, 0.3) is 0 Å². The molecule has 4 nitrogen and oxygen atoms in total. The van der Waals surface area contributed by atoms with E-state index in [0.29, 0.717) is 30.5 Å². The molecule has 0 heterocycles. The first-order valence-electron chi connectivity index (χ1n) is 12.1. The molecule has 1 fully saturated rings. The molecule has 0 amide bonds. The van der Waals surface area contributed by atoms with Gasteiger partial charge in [0.1, 0.15) is 5.78 Å². The van der Waals surface area contributed by atoms with Gasteiger partial charge < -0.3 is 9.84 Å². The molecule has 1 aromatic carbocycles. The van der Waals surface area contributed by atoms with Crippen LogP contribution in [-0.4, -0.2) is 30.1 Å². The normalized spacial score (nSPS) is 19.2. The Hall–Kier alpha value is -1.94. The Labute approximate surface area is 188 Å². The molecule has 1 aliphatic carbocycles. The number of aliphatic carboxylic acids is 1. The number of carbonyl (C=O) groups is 2. The summed E-state index contributed by atoms with van der Waals surface area (Å²) in [5.74, 6) is 0.665. The second-order valence-electron chi connectivity index (χ2n) is 8.79. The third-order valence-corrected chi connectivity index (χ3v) is 6.28. The van der Waals surface area contributed by atoms with E-state index in [-0.39, 0.29) is 6.42 Å². The lowest BCUT2D eigenvalue weighted by molar-refractivity contribution is -0.137. The molecule has 0 aromatic heterocycles. The quantitative estimate of drug-likeness (QED) is 0.268. The van der Waals surface area contributed by atoms with E-state index in [4.69, 9.17) is 9.84 Å². The Morgan fingerprint density at radius 2 is 1.94 bits per heavy atom. The van der Waals surface area contributed by atoms with Crippen molar-refractivity contribution < 1.29 is 19.4 Å². The molecule has 0 bridgehead atoms. The molecule has 172 valence electrons. The highest BCUT2D eigenvalue weighted by molar-refractivity contribution is 5.79. The van der Waals surface area contributed by atoms with Gasteiger partial charge in [-0.3, -0.25) is 9.59 Å². The summed E-state index contributed by atoms with van der Waals surface area (Å²) in [4.78, 5) is 22.6. The van der Waals surface area contributed by atoms with Gasteiger partial charge in [-0.1, -0.05) is 55.7 Å². The van der Waals surface area contributed by atoms with Gasteiger partial charge in [0.05, 0.1) is 6.61 Å². The Morgan fingerprint density at radius 3 is 2.71 bits per heavy atom. The van der Waals surface area contributed by atoms with E-state index in [1.54, 1.807) is 0 Å². The Bertz CT molecular complexity index is 694. The molecule has 1 aliphatic rings. The number of hydrogen-bond donors (Lipinski definition) is 1. The van der Waals surface area contributed by atoms with E-state index in [2.05, 4.69) is 36.4 Å². The van der Waals surface area contributed by atoms with Crippen LogP contribution in [0.15, 0.2) is 36.4 Å². The van der Waals surface area contributed by atoms with E-state index in [9.17, 15) is 9.59 Å². The first-order chi connectivity index (χ1) is 15.1. The highest BCUT2D eigenvalue weighted by Gasteiger charge is 2.26. The zero-order valence-corrected chi connectivity index (χ0v) is 19.2. The number of carboxylic acid groups (broad SMARTS) is 1. The second kappa shape index (κ2) is 15.0. The maximum atomic E-state index is 12.0. The van der Waals surface area contributed by atoms with Gasteiger partial charge in [0.15, 0.2) is 0 Å². The molecule has 0 spiro atoms. The average molecular weight is 429 g/mol. The number of rotatable bonds is 15. The summed E-state index contributed by atoms with van der Waals surface area (Å²) in [5, 5.41) is 8.72. The van der Waals surface area contributed by atoms with Gasteiger partial charge in [-0.05, 0) is 68.4 Å². The van der Waals surface area contributed by atoms with Gasteiger partial charge in [-0.25, -0.2) is 0 Å². The van der Waals surface area contributed by atoms with Crippen LogP contribution in [0.3, 0.4) is 0 Å². The number of benzene rings is 1. The molecule has 0 radical (unpaired) electrons. The van der Waals surface area contributed by atoms with Crippen LogP contribution in [0.4, 0.5) is 0 Å². The van der Waals surface area contributed by atoms with Gasteiger partial charge in [0.2, 0.25) is 0 Å². The van der Waals surface area contributed by atoms with Crippen molar-refractivity contribution in [2.75, 3.05) is 13.2 Å². The number of allylic oxidation sites excluding steroid dienone is 2. The highest BCUT2D eigenvalue weighted by atomic mass is 16.5. The van der Waals surface area contributed by atoms with Crippen molar-refractivity contribution in [2.45, 2.75) is 84.0 Å². The summed E-state index contributed by atoms with van der Waals surface area (Å²) in [7, 11) is 0. The summed E-state index contributed by atoms with van der Waals surface area (Å²) >= 11 is 0. The molecule has 0 aliphatic heterocycles. The molecule has 4 heteroatoms. The molecule has 2 rings (SSSR count). The molecule has 2 atom stereocenters. The molecule has 31 heavy (non-hydrogen) atoms. The monoisotopic (exact) mass is 428 g/mol. The predicted molar refractivity (Wildman–Crippen MR) is 125 cm³/mol. The highest BCUT2D eigenvalue weighted by Crippen LogP contribution is 2.33. The lowest BCUT2D eigenvalue weighted by Gasteiger charge is -2.28. The minimum absolute atomic E-state index is 0.267. The standard InChI is InChI=1S/C27H40O4/c1-2-31-19-18-23-12-9-11-22(20-23)10-7-8-13-24-16-17-26(28)21-25(24)14-5-3-4-6-15-27(29)30/h8-9,11-13,20,24-25H,2-7,10,14-19,21H2,1H3,(H,29,30)/b13-8+/t24?,25-/m0/s1. The van der Waals surface area contributed by atoms with Crippen molar-refractivity contribution in [3.63, 3.8) is 0 Å². The second-order valence-corrected chi connectivity index (χ2v) is 8.79. The average Bonchev–Trinajstić information content (AvgIpc) is 2.75. The summed E-state index contributed by atoms with van der Waals surface area (Å²) in [6.45, 7) is 3.57. The van der Waals surface area contributed by atoms with Crippen LogP contribution >= 0.6 is 0 Å². The van der Waals surface area contributed by atoms with E-state index >= 15 is 0 Å². The summed E-state index contributed by atoms with van der Waals surface area (Å²) in [6, 6.07) is 8.80. The fourth-order valence-corrected chi connectivity index (χ4v) is 4.51. The van der Waals surface area contributed by atoms with E-state index < -0.39 is 5.97 Å². The molecule has 0 saturated heterocycles. The van der Waals surface area contributed by atoms with E-state index in [1.807, 2.05) is 6.92 Å². The molecular formula is C27H40O4. The first kappa shape index (κ1) is 25.3. The van der Waals surface area contributed by atoms with Crippen molar-refractivity contribution in [3.8, 4) is 0 Å². The Kier molecular flexibility index (Phi) is 12.2. The van der Waals surface area contributed by atoms with Crippen LogP contribution in [-0.2, 0) is 27.2 Å². The zero-order valence-electron chi connectivity index (χ0n) is 19.2. The number of carboxylic acids is 1. The fourth-order valence-electron chi connectivity index (χ4n) is 4.51. The topological polar surface area (TPSA) is 63.6 Å².